The fourth-order valence-electron chi connectivity index (χ4n) is 2.03. The van der Waals surface area contributed by atoms with Gasteiger partial charge in [0.05, 0.1) is 16.0 Å². The molecule has 0 fully saturated rings. The number of fused-ring (bicyclic) bond motifs is 1. The first kappa shape index (κ1) is 16.5. The third-order valence-corrected chi connectivity index (χ3v) is 5.02. The number of nitrogens with zero attached hydrogens (tertiary/aromatic N) is 2. The number of carbonyl (C=O) groups excluding carboxylic acids is 1. The summed E-state index contributed by atoms with van der Waals surface area (Å²) in [4.78, 5) is 22.9. The van der Waals surface area contributed by atoms with Crippen LogP contribution in [0.3, 0.4) is 0 Å². The molecule has 1 amide bonds. The highest BCUT2D eigenvalue weighted by Crippen LogP contribution is 2.28. The molecule has 6 nitrogen and oxygen atoms in total. The fraction of sp³-hybridized carbons (Fsp3) is 0. The molecule has 0 radical (unpaired) electrons. The summed E-state index contributed by atoms with van der Waals surface area (Å²) in [5.41, 5.74) is 3.35. The van der Waals surface area contributed by atoms with Crippen LogP contribution in [0.5, 0.6) is 0 Å². The van der Waals surface area contributed by atoms with Crippen LogP contribution in [-0.2, 0) is 0 Å². The molecule has 24 heavy (non-hydrogen) atoms. The Hall–Kier alpha value is -2.33. The van der Waals surface area contributed by atoms with Crippen LogP contribution in [0.4, 0.5) is 5.69 Å². The number of nitro groups is 1. The lowest BCUT2D eigenvalue weighted by Gasteiger charge is -1.96. The Labute approximate surface area is 154 Å². The number of benzene rings is 2. The van der Waals surface area contributed by atoms with Crippen LogP contribution in [0, 0.1) is 13.7 Å². The molecule has 1 N–H and O–H groups in total. The second kappa shape index (κ2) is 7.05. The van der Waals surface area contributed by atoms with Gasteiger partial charge in [0.15, 0.2) is 0 Å². The van der Waals surface area contributed by atoms with Gasteiger partial charge in [0, 0.05) is 25.8 Å². The highest BCUT2D eigenvalue weighted by atomic mass is 127. The van der Waals surface area contributed by atoms with Crippen LogP contribution >= 0.6 is 33.9 Å². The molecule has 120 valence electrons. The molecule has 8 heteroatoms. The van der Waals surface area contributed by atoms with Crippen molar-refractivity contribution in [2.24, 2.45) is 5.10 Å². The van der Waals surface area contributed by atoms with Gasteiger partial charge in [-0.3, -0.25) is 14.9 Å². The van der Waals surface area contributed by atoms with Crippen LogP contribution in [0.2, 0.25) is 0 Å². The topological polar surface area (TPSA) is 84.6 Å². The number of carbonyl (C=O) groups is 1. The summed E-state index contributed by atoms with van der Waals surface area (Å²) >= 11 is 3.47. The highest BCUT2D eigenvalue weighted by molar-refractivity contribution is 14.1. The zero-order valence-corrected chi connectivity index (χ0v) is 15.1. The Morgan fingerprint density at radius 1 is 1.21 bits per heavy atom. The van der Waals surface area contributed by atoms with Crippen LogP contribution in [-0.4, -0.2) is 17.0 Å². The number of hydrogen-bond acceptors (Lipinski definition) is 5. The maximum Gasteiger partial charge on any atom is 0.281 e. The van der Waals surface area contributed by atoms with Crippen molar-refractivity contribution in [3.8, 4) is 0 Å². The number of halogens is 1. The fourth-order valence-corrected chi connectivity index (χ4v) is 3.32. The Morgan fingerprint density at radius 2 is 1.96 bits per heavy atom. The SMILES string of the molecule is O=C(NN=Cc1ccc(I)cc1)c1cc2cc([N+](=O)[O-])ccc2s1. The summed E-state index contributed by atoms with van der Waals surface area (Å²) in [5, 5.41) is 15.4. The molecule has 0 unspecified atom stereocenters. The van der Waals surface area contributed by atoms with Gasteiger partial charge in [-0.1, -0.05) is 12.1 Å². The first-order valence-corrected chi connectivity index (χ1v) is 8.69. The van der Waals surface area contributed by atoms with Gasteiger partial charge in [0.25, 0.3) is 11.6 Å². The predicted octanol–water partition coefficient (Wildman–Crippen LogP) is 4.18. The van der Waals surface area contributed by atoms with Gasteiger partial charge in [0.2, 0.25) is 0 Å². The highest BCUT2D eigenvalue weighted by Gasteiger charge is 2.12. The molecule has 0 atom stereocenters. The minimum atomic E-state index is -0.456. The number of nitro benzene ring substituents is 1. The molecule has 1 heterocycles. The van der Waals surface area contributed by atoms with Gasteiger partial charge >= 0.3 is 0 Å². The number of rotatable bonds is 4. The second-order valence-corrected chi connectivity index (χ2v) is 7.17. The molecular weight excluding hydrogens is 441 g/mol. The maximum atomic E-state index is 12.1. The van der Waals surface area contributed by atoms with Crippen molar-refractivity contribution in [2.45, 2.75) is 0 Å². The van der Waals surface area contributed by atoms with E-state index < -0.39 is 4.92 Å². The van der Waals surface area contributed by atoms with E-state index in [2.05, 4.69) is 33.1 Å². The minimum Gasteiger partial charge on any atom is -0.266 e. The Bertz CT molecular complexity index is 951. The van der Waals surface area contributed by atoms with Crippen LogP contribution in [0.1, 0.15) is 15.2 Å². The van der Waals surface area contributed by atoms with E-state index in [0.29, 0.717) is 10.3 Å². The second-order valence-electron chi connectivity index (χ2n) is 4.84. The van der Waals surface area contributed by atoms with E-state index >= 15 is 0 Å². The summed E-state index contributed by atoms with van der Waals surface area (Å²) in [7, 11) is 0. The lowest BCUT2D eigenvalue weighted by Crippen LogP contribution is -2.16. The first-order chi connectivity index (χ1) is 11.5. The predicted molar refractivity (Wildman–Crippen MR) is 103 cm³/mol. The normalized spacial score (nSPS) is 11.0. The molecule has 1 aromatic heterocycles. The third kappa shape index (κ3) is 3.77. The van der Waals surface area contributed by atoms with Gasteiger partial charge in [-0.2, -0.15) is 5.10 Å². The van der Waals surface area contributed by atoms with E-state index in [9.17, 15) is 14.9 Å². The average molecular weight is 451 g/mol. The van der Waals surface area contributed by atoms with Gasteiger partial charge in [-0.15, -0.1) is 11.3 Å². The largest absolute Gasteiger partial charge is 0.281 e. The van der Waals surface area contributed by atoms with E-state index in [1.54, 1.807) is 18.3 Å². The maximum absolute atomic E-state index is 12.1. The molecule has 0 aliphatic carbocycles. The minimum absolute atomic E-state index is 0.00369. The summed E-state index contributed by atoms with van der Waals surface area (Å²) < 4.78 is 1.93. The number of thiophene rings is 1. The lowest BCUT2D eigenvalue weighted by atomic mass is 10.2. The van der Waals surface area contributed by atoms with E-state index in [1.165, 1.54) is 23.5 Å². The van der Waals surface area contributed by atoms with Crippen molar-refractivity contribution in [1.29, 1.82) is 0 Å². The van der Waals surface area contributed by atoms with E-state index in [-0.39, 0.29) is 11.6 Å². The van der Waals surface area contributed by atoms with Gasteiger partial charge < -0.3 is 0 Å². The Balaban J connectivity index is 1.73. The first-order valence-electron chi connectivity index (χ1n) is 6.80. The van der Waals surface area contributed by atoms with Crippen LogP contribution in [0.15, 0.2) is 53.6 Å². The molecule has 0 spiro atoms. The van der Waals surface area contributed by atoms with Gasteiger partial charge in [-0.05, 0) is 52.4 Å². The van der Waals surface area contributed by atoms with Crippen molar-refractivity contribution in [2.75, 3.05) is 0 Å². The Kier molecular flexibility index (Phi) is 4.86. The molecule has 3 aromatic rings. The summed E-state index contributed by atoms with van der Waals surface area (Å²) in [6, 6.07) is 13.8. The number of amides is 1. The molecule has 0 saturated heterocycles. The molecule has 0 bridgehead atoms. The van der Waals surface area contributed by atoms with E-state index in [1.807, 2.05) is 24.3 Å². The van der Waals surface area contributed by atoms with Crippen LogP contribution in [0.25, 0.3) is 10.1 Å². The number of hydrazone groups is 1. The van der Waals surface area contributed by atoms with Crippen molar-refractivity contribution in [3.63, 3.8) is 0 Å². The summed E-state index contributed by atoms with van der Waals surface area (Å²) in [6.45, 7) is 0. The zero-order valence-electron chi connectivity index (χ0n) is 12.1. The van der Waals surface area contributed by atoms with Crippen molar-refractivity contribution in [3.05, 3.63) is 72.7 Å². The smallest absolute Gasteiger partial charge is 0.266 e. The van der Waals surface area contributed by atoms with Gasteiger partial charge in [0.1, 0.15) is 0 Å². The van der Waals surface area contributed by atoms with Crippen LogP contribution < -0.4 is 5.43 Å². The average Bonchev–Trinajstić information content (AvgIpc) is 2.99. The number of nitrogens with one attached hydrogen (secondary N) is 1. The van der Waals surface area contributed by atoms with Crippen molar-refractivity contribution < 1.29 is 9.72 Å². The van der Waals surface area contributed by atoms with E-state index in [4.69, 9.17) is 0 Å². The number of non-ortho nitro benzene ring substituents is 1. The standard InChI is InChI=1S/C16H10IN3O3S/c17-12-3-1-10(2-4-12)9-18-19-16(21)15-8-11-7-13(20(22)23)5-6-14(11)24-15/h1-9H,(H,19,21). The molecule has 0 aliphatic heterocycles. The third-order valence-electron chi connectivity index (χ3n) is 3.18. The van der Waals surface area contributed by atoms with Crippen molar-refractivity contribution in [1.82, 2.24) is 5.43 Å². The zero-order chi connectivity index (χ0) is 17.1. The Morgan fingerprint density at radius 3 is 2.67 bits per heavy atom. The molecule has 2 aromatic carbocycles. The lowest BCUT2D eigenvalue weighted by molar-refractivity contribution is -0.384. The molecule has 0 aliphatic rings. The monoisotopic (exact) mass is 451 g/mol. The summed E-state index contributed by atoms with van der Waals surface area (Å²) in [5.74, 6) is -0.347. The molecular formula is C16H10IN3O3S. The quantitative estimate of drug-likeness (QED) is 0.280. The molecule has 3 rings (SSSR count). The number of hydrogen-bond donors (Lipinski definition) is 1. The summed E-state index contributed by atoms with van der Waals surface area (Å²) in [6.07, 6.45) is 1.56. The van der Waals surface area contributed by atoms with Crippen molar-refractivity contribution >= 4 is 61.8 Å². The van der Waals surface area contributed by atoms with E-state index in [0.717, 1.165) is 13.8 Å². The molecule has 0 saturated carbocycles. The van der Waals surface area contributed by atoms with Gasteiger partial charge in [-0.25, -0.2) is 5.43 Å².